The second-order valence-corrected chi connectivity index (χ2v) is 6.17. The van der Waals surface area contributed by atoms with Crippen LogP contribution in [0.15, 0.2) is 18.2 Å². The van der Waals surface area contributed by atoms with Gasteiger partial charge in [0, 0.05) is 18.2 Å². The molecule has 0 aliphatic rings. The maximum atomic E-state index is 12.2. The third kappa shape index (κ3) is 7.23. The van der Waals surface area contributed by atoms with E-state index < -0.39 is 30.3 Å². The fourth-order valence-electron chi connectivity index (χ4n) is 1.94. The van der Waals surface area contributed by atoms with Gasteiger partial charge in [0.1, 0.15) is 17.4 Å². The maximum absolute atomic E-state index is 12.2. The first-order chi connectivity index (χ1) is 11.5. The van der Waals surface area contributed by atoms with Crippen LogP contribution in [0.3, 0.4) is 0 Å². The summed E-state index contributed by atoms with van der Waals surface area (Å²) in [7, 11) is 1.18. The van der Waals surface area contributed by atoms with Crippen molar-refractivity contribution in [2.24, 2.45) is 0 Å². The number of alkyl halides is 2. The zero-order valence-corrected chi connectivity index (χ0v) is 14.5. The fourth-order valence-corrected chi connectivity index (χ4v) is 1.94. The fraction of sp³-hybridized carbons (Fsp3) is 0.500. The lowest BCUT2D eigenvalue weighted by molar-refractivity contribution is -0.143. The molecular formula is C16H22F2N2O5. The molecule has 0 aliphatic heterocycles. The molecule has 0 heterocycles. The van der Waals surface area contributed by atoms with Crippen LogP contribution in [0.5, 0.6) is 5.75 Å². The van der Waals surface area contributed by atoms with Crippen LogP contribution in [-0.2, 0) is 20.7 Å². The van der Waals surface area contributed by atoms with Crippen LogP contribution >= 0.6 is 0 Å². The number of methoxy groups -OCH3 is 1. The molecule has 0 saturated heterocycles. The van der Waals surface area contributed by atoms with Crippen LogP contribution in [-0.4, -0.2) is 37.4 Å². The number of nitrogens with one attached hydrogen (secondary N) is 1. The Labute approximate surface area is 144 Å². The monoisotopic (exact) mass is 360 g/mol. The van der Waals surface area contributed by atoms with E-state index in [4.69, 9.17) is 10.5 Å². The summed E-state index contributed by atoms with van der Waals surface area (Å²) in [6.07, 6.45) is -0.800. The largest absolute Gasteiger partial charge is 0.467 e. The molecule has 1 amide bonds. The van der Waals surface area contributed by atoms with Crippen molar-refractivity contribution in [1.29, 1.82) is 0 Å². The van der Waals surface area contributed by atoms with Gasteiger partial charge in [0.15, 0.2) is 0 Å². The summed E-state index contributed by atoms with van der Waals surface area (Å²) in [6, 6.07) is 2.88. The quantitative estimate of drug-likeness (QED) is 0.597. The average Bonchev–Trinajstić information content (AvgIpc) is 2.45. The first-order valence-electron chi connectivity index (χ1n) is 7.42. The highest BCUT2D eigenvalue weighted by Gasteiger charge is 2.26. The number of benzene rings is 1. The number of carbonyl (C=O) groups is 2. The van der Waals surface area contributed by atoms with Gasteiger partial charge in [-0.2, -0.15) is 8.78 Å². The van der Waals surface area contributed by atoms with Gasteiger partial charge in [-0.05, 0) is 32.4 Å². The van der Waals surface area contributed by atoms with Gasteiger partial charge >= 0.3 is 18.7 Å². The highest BCUT2D eigenvalue weighted by atomic mass is 19.3. The lowest BCUT2D eigenvalue weighted by Gasteiger charge is -2.23. The van der Waals surface area contributed by atoms with Crippen molar-refractivity contribution in [3.05, 3.63) is 23.8 Å². The standard InChI is InChI=1S/C16H22F2N2O5/c1-16(2,3)25-15(22)20-12(13(21)23-4)7-9-5-6-10(8-11(9)19)24-14(17)18/h5-6,8,12,14H,7,19H2,1-4H3,(H,20,22)/t12-/m1/s1. The summed E-state index contributed by atoms with van der Waals surface area (Å²) >= 11 is 0. The molecule has 3 N–H and O–H groups in total. The molecule has 140 valence electrons. The van der Waals surface area contributed by atoms with Crippen molar-refractivity contribution >= 4 is 17.7 Å². The second kappa shape index (κ2) is 8.50. The number of anilines is 1. The van der Waals surface area contributed by atoms with Crippen LogP contribution in [0.25, 0.3) is 0 Å². The molecule has 0 aliphatic carbocycles. The van der Waals surface area contributed by atoms with Crippen molar-refractivity contribution in [2.45, 2.75) is 45.4 Å². The number of nitrogen functional groups attached to an aromatic ring is 1. The molecule has 0 saturated carbocycles. The SMILES string of the molecule is COC(=O)[C@@H](Cc1ccc(OC(F)F)cc1N)NC(=O)OC(C)(C)C. The molecule has 0 radical (unpaired) electrons. The second-order valence-electron chi connectivity index (χ2n) is 6.17. The molecule has 1 rings (SSSR count). The molecule has 0 aromatic heterocycles. The van der Waals surface area contributed by atoms with Gasteiger partial charge in [-0.25, -0.2) is 9.59 Å². The van der Waals surface area contributed by atoms with Crippen LogP contribution in [0.1, 0.15) is 26.3 Å². The summed E-state index contributed by atoms with van der Waals surface area (Å²) in [4.78, 5) is 23.7. The van der Waals surface area contributed by atoms with Crippen LogP contribution in [0.2, 0.25) is 0 Å². The molecule has 0 unspecified atom stereocenters. The summed E-state index contributed by atoms with van der Waals surface area (Å²) in [6.45, 7) is 2.07. The van der Waals surface area contributed by atoms with Gasteiger partial charge in [0.05, 0.1) is 7.11 Å². The molecule has 25 heavy (non-hydrogen) atoms. The smallest absolute Gasteiger partial charge is 0.408 e. The number of nitrogens with two attached hydrogens (primary N) is 1. The minimum absolute atomic E-state index is 0.00723. The molecule has 0 spiro atoms. The van der Waals surface area contributed by atoms with Crippen molar-refractivity contribution in [2.75, 3.05) is 12.8 Å². The normalized spacial score (nSPS) is 12.4. The van der Waals surface area contributed by atoms with E-state index >= 15 is 0 Å². The maximum Gasteiger partial charge on any atom is 0.408 e. The van der Waals surface area contributed by atoms with Crippen LogP contribution in [0.4, 0.5) is 19.3 Å². The lowest BCUT2D eigenvalue weighted by atomic mass is 10.0. The van der Waals surface area contributed by atoms with Gasteiger partial charge < -0.3 is 25.3 Å². The van der Waals surface area contributed by atoms with E-state index in [-0.39, 0.29) is 17.9 Å². The van der Waals surface area contributed by atoms with Crippen LogP contribution in [0, 0.1) is 0 Å². The van der Waals surface area contributed by atoms with E-state index in [1.54, 1.807) is 20.8 Å². The van der Waals surface area contributed by atoms with Crippen molar-refractivity contribution < 1.29 is 32.6 Å². The van der Waals surface area contributed by atoms with Gasteiger partial charge in [-0.1, -0.05) is 6.07 Å². The highest BCUT2D eigenvalue weighted by molar-refractivity contribution is 5.82. The van der Waals surface area contributed by atoms with Crippen molar-refractivity contribution in [3.8, 4) is 5.75 Å². The molecule has 0 fully saturated rings. The van der Waals surface area contributed by atoms with Crippen molar-refractivity contribution in [1.82, 2.24) is 5.32 Å². The topological polar surface area (TPSA) is 99.9 Å². The molecule has 7 nitrogen and oxygen atoms in total. The highest BCUT2D eigenvalue weighted by Crippen LogP contribution is 2.23. The number of hydrogen-bond acceptors (Lipinski definition) is 6. The number of esters is 1. The Kier molecular flexibility index (Phi) is 6.96. The molecule has 1 aromatic rings. The minimum atomic E-state index is -2.97. The van der Waals surface area contributed by atoms with E-state index in [0.717, 1.165) is 0 Å². The number of halogens is 2. The van der Waals surface area contributed by atoms with Crippen LogP contribution < -0.4 is 15.8 Å². The Morgan fingerprint density at radius 2 is 1.92 bits per heavy atom. The van der Waals surface area contributed by atoms with E-state index in [9.17, 15) is 18.4 Å². The Morgan fingerprint density at radius 1 is 1.28 bits per heavy atom. The average molecular weight is 360 g/mol. The number of amides is 1. The molecule has 1 aromatic carbocycles. The Morgan fingerprint density at radius 3 is 2.40 bits per heavy atom. The zero-order valence-electron chi connectivity index (χ0n) is 14.5. The number of ether oxygens (including phenoxy) is 3. The van der Waals surface area contributed by atoms with Gasteiger partial charge in [0.2, 0.25) is 0 Å². The van der Waals surface area contributed by atoms with Gasteiger partial charge in [-0.15, -0.1) is 0 Å². The number of alkyl carbamates (subject to hydrolysis) is 1. The summed E-state index contributed by atoms with van der Waals surface area (Å²) in [5.41, 5.74) is 5.65. The van der Waals surface area contributed by atoms with E-state index in [1.807, 2.05) is 0 Å². The zero-order chi connectivity index (χ0) is 19.2. The molecular weight excluding hydrogens is 338 g/mol. The van der Waals surface area contributed by atoms with Crippen molar-refractivity contribution in [3.63, 3.8) is 0 Å². The predicted molar refractivity (Wildman–Crippen MR) is 86.4 cm³/mol. The van der Waals surface area contributed by atoms with Gasteiger partial charge in [0.25, 0.3) is 0 Å². The molecule has 9 heteroatoms. The Bertz CT molecular complexity index is 617. The van der Waals surface area contributed by atoms with E-state index in [1.165, 1.54) is 25.3 Å². The third-order valence-electron chi connectivity index (χ3n) is 2.94. The Balaban J connectivity index is 2.88. The van der Waals surface area contributed by atoms with Gasteiger partial charge in [-0.3, -0.25) is 0 Å². The summed E-state index contributed by atoms with van der Waals surface area (Å²) in [5, 5.41) is 2.40. The number of hydrogen-bond donors (Lipinski definition) is 2. The first-order valence-corrected chi connectivity index (χ1v) is 7.42. The van der Waals surface area contributed by atoms with E-state index in [0.29, 0.717) is 5.56 Å². The summed E-state index contributed by atoms with van der Waals surface area (Å²) < 4.78 is 38.4. The molecule has 1 atom stereocenters. The minimum Gasteiger partial charge on any atom is -0.467 e. The van der Waals surface area contributed by atoms with E-state index in [2.05, 4.69) is 14.8 Å². The Hall–Kier alpha value is -2.58. The lowest BCUT2D eigenvalue weighted by Crippen LogP contribution is -2.45. The molecule has 0 bridgehead atoms. The predicted octanol–water partition coefficient (Wildman–Crippen LogP) is 2.48. The summed E-state index contributed by atoms with van der Waals surface area (Å²) in [5.74, 6) is -0.802. The number of rotatable bonds is 6. The number of carbonyl (C=O) groups excluding carboxylic acids is 2. The first kappa shape index (κ1) is 20.5. The third-order valence-corrected chi connectivity index (χ3v) is 2.94.